The van der Waals surface area contributed by atoms with Crippen LogP contribution in [0.15, 0.2) is 53.7 Å². The van der Waals surface area contributed by atoms with Gasteiger partial charge in [-0.05, 0) is 44.5 Å². The van der Waals surface area contributed by atoms with Crippen LogP contribution in [0.2, 0.25) is 0 Å². The van der Waals surface area contributed by atoms with Gasteiger partial charge in [-0.15, -0.1) is 0 Å². The van der Waals surface area contributed by atoms with E-state index in [9.17, 15) is 22.8 Å². The molecular weight excluding hydrogens is 461 g/mol. The summed E-state index contributed by atoms with van der Waals surface area (Å²) in [6.07, 6.45) is 2.89. The number of aromatic nitrogens is 4. The second-order valence-corrected chi connectivity index (χ2v) is 8.05. The topological polar surface area (TPSA) is 71.0 Å². The molecule has 0 aliphatic carbocycles. The highest BCUT2D eigenvalue weighted by Gasteiger charge is 2.19. The van der Waals surface area contributed by atoms with E-state index in [0.717, 1.165) is 39.3 Å². The highest BCUT2D eigenvalue weighted by atomic mass is 19.1. The molecule has 10 heteroatoms. The molecule has 0 aliphatic rings. The number of rotatable bonds is 7. The zero-order chi connectivity index (χ0) is 25.3. The summed E-state index contributed by atoms with van der Waals surface area (Å²) in [6.45, 7) is 5.33. The third kappa shape index (κ3) is 4.64. The van der Waals surface area contributed by atoms with Crippen LogP contribution in [0.25, 0.3) is 5.69 Å². The quantitative estimate of drug-likeness (QED) is 0.370. The molecule has 2 aromatic heterocycles. The molecule has 2 heterocycles. The Kier molecular flexibility index (Phi) is 6.63. The maximum atomic E-state index is 15.0. The van der Waals surface area contributed by atoms with E-state index in [2.05, 4.69) is 5.10 Å². The Labute approximate surface area is 199 Å². The average molecular weight is 484 g/mol. The first-order chi connectivity index (χ1) is 16.7. The molecule has 2 aromatic carbocycles. The van der Waals surface area contributed by atoms with Gasteiger partial charge in [0.05, 0.1) is 30.9 Å². The van der Waals surface area contributed by atoms with Crippen LogP contribution in [0.1, 0.15) is 39.7 Å². The van der Waals surface area contributed by atoms with Crippen molar-refractivity contribution < 1.29 is 22.7 Å². The Bertz CT molecular complexity index is 1450. The monoisotopic (exact) mass is 484 g/mol. The fourth-order valence-electron chi connectivity index (χ4n) is 3.95. The van der Waals surface area contributed by atoms with E-state index in [0.29, 0.717) is 16.8 Å². The summed E-state index contributed by atoms with van der Waals surface area (Å²) in [6, 6.07) is 7.65. The van der Waals surface area contributed by atoms with E-state index >= 15 is 0 Å². The molecule has 0 atom stereocenters. The number of nitrogens with zero attached hydrogens (tertiary/aromatic N) is 4. The average Bonchev–Trinajstić information content (AvgIpc) is 3.30. The lowest BCUT2D eigenvalue weighted by Gasteiger charge is -2.10. The highest BCUT2D eigenvalue weighted by Crippen LogP contribution is 2.21. The molecule has 0 N–H and O–H groups in total. The van der Waals surface area contributed by atoms with Crippen LogP contribution >= 0.6 is 0 Å². The van der Waals surface area contributed by atoms with Crippen molar-refractivity contribution in [1.29, 1.82) is 0 Å². The van der Waals surface area contributed by atoms with E-state index in [1.165, 1.54) is 18.2 Å². The highest BCUT2D eigenvalue weighted by molar-refractivity contribution is 5.92. The van der Waals surface area contributed by atoms with Gasteiger partial charge in [0.25, 0.3) is 0 Å². The number of halogens is 3. The van der Waals surface area contributed by atoms with E-state index in [1.807, 2.05) is 0 Å². The van der Waals surface area contributed by atoms with Gasteiger partial charge < -0.3 is 9.30 Å². The summed E-state index contributed by atoms with van der Waals surface area (Å²) >= 11 is 0. The third-order valence-electron chi connectivity index (χ3n) is 5.76. The van der Waals surface area contributed by atoms with Crippen molar-refractivity contribution in [3.05, 3.63) is 105 Å². The number of carbonyl (C=O) groups is 1. The minimum Gasteiger partial charge on any atom is -0.462 e. The predicted octanol–water partition coefficient (Wildman–Crippen LogP) is 4.14. The molecule has 0 radical (unpaired) electrons. The molecule has 0 bridgehead atoms. The van der Waals surface area contributed by atoms with Crippen molar-refractivity contribution in [2.75, 3.05) is 6.61 Å². The lowest BCUT2D eigenvalue weighted by atomic mass is 10.1. The number of aryl methyl sites for hydroxylation is 1. The van der Waals surface area contributed by atoms with E-state index < -0.39 is 29.1 Å². The van der Waals surface area contributed by atoms with E-state index in [4.69, 9.17) is 4.74 Å². The maximum absolute atomic E-state index is 15.0. The number of carbonyl (C=O) groups excluding carboxylic acids is 1. The zero-order valence-electron chi connectivity index (χ0n) is 19.4. The molecule has 4 rings (SSSR count). The SMILES string of the molecule is CCOC(=O)c1c(C)cn(Cc2ccc(-n3ncn(Cc4c(F)cccc4F)c3=O)cc2F)c1C. The van der Waals surface area contributed by atoms with Gasteiger partial charge in [-0.1, -0.05) is 12.1 Å². The van der Waals surface area contributed by atoms with Crippen LogP contribution < -0.4 is 5.69 Å². The molecule has 182 valence electrons. The minimum absolute atomic E-state index is 0.161. The summed E-state index contributed by atoms with van der Waals surface area (Å²) in [4.78, 5) is 24.9. The van der Waals surface area contributed by atoms with Gasteiger partial charge in [-0.2, -0.15) is 9.78 Å². The summed E-state index contributed by atoms with van der Waals surface area (Å²) in [5.74, 6) is -2.56. The standard InChI is InChI=1S/C25H23F3N4O3/c1-4-35-24(33)23-15(2)11-30(16(23)3)12-17-8-9-18(10-22(17)28)32-25(34)31(14-29-32)13-19-20(26)6-5-7-21(19)27/h5-11,14H,4,12-13H2,1-3H3. The molecule has 0 fully saturated rings. The minimum atomic E-state index is -0.776. The van der Waals surface area contributed by atoms with Gasteiger partial charge >= 0.3 is 11.7 Å². The van der Waals surface area contributed by atoms with Gasteiger partial charge in [-0.3, -0.25) is 4.57 Å². The third-order valence-corrected chi connectivity index (χ3v) is 5.76. The van der Waals surface area contributed by atoms with E-state index in [1.54, 1.807) is 31.5 Å². The Balaban J connectivity index is 1.59. The van der Waals surface area contributed by atoms with Gasteiger partial charge in [0, 0.05) is 29.1 Å². The van der Waals surface area contributed by atoms with Crippen LogP contribution in [0.4, 0.5) is 13.2 Å². The smallest absolute Gasteiger partial charge is 0.350 e. The summed E-state index contributed by atoms with van der Waals surface area (Å²) in [5.41, 5.74) is 1.39. The molecule has 7 nitrogen and oxygen atoms in total. The molecule has 0 spiro atoms. The summed E-state index contributed by atoms with van der Waals surface area (Å²) < 4.78 is 51.7. The van der Waals surface area contributed by atoms with Crippen molar-refractivity contribution in [2.24, 2.45) is 0 Å². The molecule has 4 aromatic rings. The Morgan fingerprint density at radius 3 is 2.37 bits per heavy atom. The molecule has 0 saturated carbocycles. The summed E-state index contributed by atoms with van der Waals surface area (Å²) in [5, 5.41) is 3.96. The van der Waals surface area contributed by atoms with Gasteiger partial charge in [0.15, 0.2) is 0 Å². The van der Waals surface area contributed by atoms with Crippen molar-refractivity contribution in [1.82, 2.24) is 18.9 Å². The molecule has 0 saturated heterocycles. The zero-order valence-corrected chi connectivity index (χ0v) is 19.4. The molecule has 0 unspecified atom stereocenters. The largest absolute Gasteiger partial charge is 0.462 e. The fourth-order valence-corrected chi connectivity index (χ4v) is 3.95. The Hall–Kier alpha value is -4.08. The molecule has 0 amide bonds. The van der Waals surface area contributed by atoms with Crippen LogP contribution in [0.3, 0.4) is 0 Å². The van der Waals surface area contributed by atoms with E-state index in [-0.39, 0.29) is 30.9 Å². The first-order valence-corrected chi connectivity index (χ1v) is 10.9. The van der Waals surface area contributed by atoms with Gasteiger partial charge in [0.2, 0.25) is 0 Å². The molecule has 35 heavy (non-hydrogen) atoms. The summed E-state index contributed by atoms with van der Waals surface area (Å²) in [7, 11) is 0. The van der Waals surface area contributed by atoms with Crippen molar-refractivity contribution in [3.63, 3.8) is 0 Å². The second-order valence-electron chi connectivity index (χ2n) is 8.05. The number of benzene rings is 2. The van der Waals surface area contributed by atoms with Crippen LogP contribution in [-0.4, -0.2) is 31.5 Å². The second kappa shape index (κ2) is 9.65. The normalized spacial score (nSPS) is 11.1. The molecular formula is C25H23F3N4O3. The molecule has 0 aliphatic heterocycles. The first-order valence-electron chi connectivity index (χ1n) is 10.9. The van der Waals surface area contributed by atoms with Gasteiger partial charge in [0.1, 0.15) is 23.8 Å². The maximum Gasteiger partial charge on any atom is 0.350 e. The number of esters is 1. The van der Waals surface area contributed by atoms with Crippen LogP contribution in [-0.2, 0) is 17.8 Å². The van der Waals surface area contributed by atoms with Crippen molar-refractivity contribution in [2.45, 2.75) is 33.9 Å². The predicted molar refractivity (Wildman–Crippen MR) is 122 cm³/mol. The van der Waals surface area contributed by atoms with Crippen LogP contribution in [0.5, 0.6) is 0 Å². The number of hydrogen-bond donors (Lipinski definition) is 0. The fraction of sp³-hybridized carbons (Fsp3) is 0.240. The Morgan fingerprint density at radius 2 is 1.71 bits per heavy atom. The number of hydrogen-bond acceptors (Lipinski definition) is 4. The van der Waals surface area contributed by atoms with Crippen molar-refractivity contribution >= 4 is 5.97 Å². The van der Waals surface area contributed by atoms with Crippen LogP contribution in [0, 0.1) is 31.3 Å². The first kappa shape index (κ1) is 24.1. The van der Waals surface area contributed by atoms with Gasteiger partial charge in [-0.25, -0.2) is 22.8 Å². The lowest BCUT2D eigenvalue weighted by molar-refractivity contribution is 0.0524. The van der Waals surface area contributed by atoms with Crippen molar-refractivity contribution in [3.8, 4) is 5.69 Å². The lowest BCUT2D eigenvalue weighted by Crippen LogP contribution is -2.24. The Morgan fingerprint density at radius 1 is 1.00 bits per heavy atom. The number of ether oxygens (including phenoxy) is 1.